The highest BCUT2D eigenvalue weighted by Gasteiger charge is 2.51. The topological polar surface area (TPSA) is 29.1 Å². The summed E-state index contributed by atoms with van der Waals surface area (Å²) in [4.78, 5) is 12.4. The van der Waals surface area contributed by atoms with E-state index in [0.29, 0.717) is 6.04 Å². The van der Waals surface area contributed by atoms with E-state index in [1.165, 1.54) is 0 Å². The van der Waals surface area contributed by atoms with Gasteiger partial charge in [0.1, 0.15) is 0 Å². The average Bonchev–Trinajstić information content (AvgIpc) is 3.18. The third-order valence-corrected chi connectivity index (χ3v) is 4.43. The molecule has 0 unspecified atom stereocenters. The maximum atomic E-state index is 12.4. The van der Waals surface area contributed by atoms with E-state index in [1.54, 1.807) is 0 Å². The zero-order chi connectivity index (χ0) is 13.2. The van der Waals surface area contributed by atoms with Gasteiger partial charge in [0.15, 0.2) is 0 Å². The summed E-state index contributed by atoms with van der Waals surface area (Å²) in [7, 11) is 0. The standard InChI is InChI=1S/C15H20BrNO/c1-3-13(4-2)17-14(18)15(9-10-15)11-5-7-12(16)8-6-11/h5-8,13H,3-4,9-10H2,1-2H3,(H,17,18). The largest absolute Gasteiger partial charge is 0.353 e. The summed E-state index contributed by atoms with van der Waals surface area (Å²) in [6.07, 6.45) is 3.94. The van der Waals surface area contributed by atoms with Crippen LogP contribution in [0.5, 0.6) is 0 Å². The highest BCUT2D eigenvalue weighted by Crippen LogP contribution is 2.48. The predicted octanol–water partition coefficient (Wildman–Crippen LogP) is 3.79. The highest BCUT2D eigenvalue weighted by atomic mass is 79.9. The summed E-state index contributed by atoms with van der Waals surface area (Å²) >= 11 is 3.43. The number of nitrogens with one attached hydrogen (secondary N) is 1. The van der Waals surface area contributed by atoms with E-state index in [1.807, 2.05) is 12.1 Å². The molecule has 1 N–H and O–H groups in total. The van der Waals surface area contributed by atoms with Crippen molar-refractivity contribution in [3.63, 3.8) is 0 Å². The minimum absolute atomic E-state index is 0.207. The molecule has 1 amide bonds. The van der Waals surface area contributed by atoms with Crippen LogP contribution >= 0.6 is 15.9 Å². The fraction of sp³-hybridized carbons (Fsp3) is 0.533. The summed E-state index contributed by atoms with van der Waals surface area (Å²) in [6.45, 7) is 4.24. The maximum absolute atomic E-state index is 12.4. The SMILES string of the molecule is CCC(CC)NC(=O)C1(c2ccc(Br)cc2)CC1. The molecule has 1 aliphatic rings. The first-order chi connectivity index (χ1) is 8.62. The molecule has 2 nitrogen and oxygen atoms in total. The molecule has 1 saturated carbocycles. The van der Waals surface area contributed by atoms with Crippen LogP contribution in [0, 0.1) is 0 Å². The van der Waals surface area contributed by atoms with Crippen molar-refractivity contribution in [1.29, 1.82) is 0 Å². The molecule has 0 saturated heterocycles. The van der Waals surface area contributed by atoms with Gasteiger partial charge in [-0.15, -0.1) is 0 Å². The van der Waals surface area contributed by atoms with Gasteiger partial charge in [-0.2, -0.15) is 0 Å². The molecule has 0 heterocycles. The van der Waals surface area contributed by atoms with Crippen molar-refractivity contribution in [2.24, 2.45) is 0 Å². The van der Waals surface area contributed by atoms with Crippen molar-refractivity contribution in [2.75, 3.05) is 0 Å². The molecule has 0 aromatic heterocycles. The van der Waals surface area contributed by atoms with Crippen molar-refractivity contribution < 1.29 is 4.79 Å². The van der Waals surface area contributed by atoms with Gasteiger partial charge in [-0.05, 0) is 43.4 Å². The molecule has 1 aliphatic carbocycles. The molecule has 0 spiro atoms. The molecule has 3 heteroatoms. The fourth-order valence-electron chi connectivity index (χ4n) is 2.36. The van der Waals surface area contributed by atoms with Crippen LogP contribution in [0.3, 0.4) is 0 Å². The van der Waals surface area contributed by atoms with Gasteiger partial charge in [-0.1, -0.05) is 41.9 Å². The zero-order valence-electron chi connectivity index (χ0n) is 11.0. The summed E-state index contributed by atoms with van der Waals surface area (Å²) in [5.74, 6) is 0.207. The van der Waals surface area contributed by atoms with Crippen molar-refractivity contribution >= 4 is 21.8 Å². The van der Waals surface area contributed by atoms with Crippen molar-refractivity contribution in [2.45, 2.75) is 51.0 Å². The second-order valence-corrected chi connectivity index (χ2v) is 5.99. The maximum Gasteiger partial charge on any atom is 0.230 e. The lowest BCUT2D eigenvalue weighted by atomic mass is 9.94. The first kappa shape index (κ1) is 13.6. The molecule has 98 valence electrons. The Morgan fingerprint density at radius 3 is 2.28 bits per heavy atom. The van der Waals surface area contributed by atoms with Crippen LogP contribution in [-0.2, 0) is 10.2 Å². The minimum Gasteiger partial charge on any atom is -0.353 e. The van der Waals surface area contributed by atoms with Crippen molar-refractivity contribution in [3.05, 3.63) is 34.3 Å². The number of rotatable bonds is 5. The van der Waals surface area contributed by atoms with E-state index in [4.69, 9.17) is 0 Å². The quantitative estimate of drug-likeness (QED) is 0.881. The lowest BCUT2D eigenvalue weighted by molar-refractivity contribution is -0.124. The van der Waals surface area contributed by atoms with E-state index < -0.39 is 0 Å². The third-order valence-electron chi connectivity index (χ3n) is 3.90. The van der Waals surface area contributed by atoms with Crippen LogP contribution in [0.1, 0.15) is 45.1 Å². The summed E-state index contributed by atoms with van der Waals surface area (Å²) in [6, 6.07) is 8.46. The Labute approximate surface area is 117 Å². The molecule has 0 radical (unpaired) electrons. The van der Waals surface area contributed by atoms with E-state index in [0.717, 1.165) is 35.7 Å². The Balaban J connectivity index is 2.11. The number of carbonyl (C=O) groups excluding carboxylic acids is 1. The zero-order valence-corrected chi connectivity index (χ0v) is 12.6. The lowest BCUT2D eigenvalue weighted by Crippen LogP contribution is -2.41. The predicted molar refractivity (Wildman–Crippen MR) is 77.6 cm³/mol. The molecule has 0 bridgehead atoms. The molecule has 0 aliphatic heterocycles. The van der Waals surface area contributed by atoms with Crippen LogP contribution in [0.15, 0.2) is 28.7 Å². The minimum atomic E-state index is -0.247. The van der Waals surface area contributed by atoms with Crippen LogP contribution in [-0.4, -0.2) is 11.9 Å². The fourth-order valence-corrected chi connectivity index (χ4v) is 2.62. The Hall–Kier alpha value is -0.830. The Morgan fingerprint density at radius 1 is 1.28 bits per heavy atom. The Morgan fingerprint density at radius 2 is 1.83 bits per heavy atom. The normalized spacial score (nSPS) is 16.7. The van der Waals surface area contributed by atoms with Gasteiger partial charge in [0, 0.05) is 10.5 Å². The average molecular weight is 310 g/mol. The Kier molecular flexibility index (Phi) is 4.10. The Bertz CT molecular complexity index is 419. The van der Waals surface area contributed by atoms with Crippen LogP contribution in [0.2, 0.25) is 0 Å². The lowest BCUT2D eigenvalue weighted by Gasteiger charge is -2.21. The van der Waals surface area contributed by atoms with Crippen molar-refractivity contribution in [3.8, 4) is 0 Å². The second-order valence-electron chi connectivity index (χ2n) is 5.08. The molecule has 1 aromatic rings. The van der Waals surface area contributed by atoms with E-state index in [2.05, 4.69) is 47.2 Å². The molecular weight excluding hydrogens is 290 g/mol. The van der Waals surface area contributed by atoms with Gasteiger partial charge in [-0.3, -0.25) is 4.79 Å². The molecule has 18 heavy (non-hydrogen) atoms. The summed E-state index contributed by atoms with van der Waals surface area (Å²) < 4.78 is 1.06. The van der Waals surface area contributed by atoms with Gasteiger partial charge < -0.3 is 5.32 Å². The summed E-state index contributed by atoms with van der Waals surface area (Å²) in [5, 5.41) is 3.18. The number of hydrogen-bond donors (Lipinski definition) is 1. The molecule has 1 aromatic carbocycles. The van der Waals surface area contributed by atoms with Gasteiger partial charge in [0.05, 0.1) is 5.41 Å². The third kappa shape index (κ3) is 2.61. The summed E-state index contributed by atoms with van der Waals surface area (Å²) in [5.41, 5.74) is 0.901. The monoisotopic (exact) mass is 309 g/mol. The van der Waals surface area contributed by atoms with Crippen LogP contribution < -0.4 is 5.32 Å². The molecule has 0 atom stereocenters. The number of hydrogen-bond acceptors (Lipinski definition) is 1. The molecule has 2 rings (SSSR count). The number of carbonyl (C=O) groups is 1. The number of benzene rings is 1. The number of amides is 1. The first-order valence-electron chi connectivity index (χ1n) is 6.69. The van der Waals surface area contributed by atoms with Crippen LogP contribution in [0.4, 0.5) is 0 Å². The highest BCUT2D eigenvalue weighted by molar-refractivity contribution is 9.10. The molecular formula is C15H20BrNO. The molecule has 1 fully saturated rings. The smallest absolute Gasteiger partial charge is 0.230 e. The van der Waals surface area contributed by atoms with Crippen molar-refractivity contribution in [1.82, 2.24) is 5.32 Å². The second kappa shape index (κ2) is 5.43. The van der Waals surface area contributed by atoms with Gasteiger partial charge in [0.2, 0.25) is 5.91 Å². The van der Waals surface area contributed by atoms with Gasteiger partial charge >= 0.3 is 0 Å². The van der Waals surface area contributed by atoms with E-state index in [-0.39, 0.29) is 11.3 Å². The van der Waals surface area contributed by atoms with Gasteiger partial charge in [-0.25, -0.2) is 0 Å². The first-order valence-corrected chi connectivity index (χ1v) is 7.48. The van der Waals surface area contributed by atoms with E-state index in [9.17, 15) is 4.79 Å². The number of halogens is 1. The van der Waals surface area contributed by atoms with Crippen LogP contribution in [0.25, 0.3) is 0 Å². The van der Waals surface area contributed by atoms with Gasteiger partial charge in [0.25, 0.3) is 0 Å². The van der Waals surface area contributed by atoms with E-state index >= 15 is 0 Å².